The van der Waals surface area contributed by atoms with Crippen molar-refractivity contribution < 1.29 is 23.8 Å². The fourth-order valence-corrected chi connectivity index (χ4v) is 4.05. The molecule has 8 nitrogen and oxygen atoms in total. The molecule has 1 fully saturated rings. The van der Waals surface area contributed by atoms with Crippen molar-refractivity contribution >= 4 is 22.8 Å². The zero-order chi connectivity index (χ0) is 23.5. The smallest absolute Gasteiger partial charge is 0.340 e. The number of carbonyl (C=O) groups excluding carboxylic acids is 1. The van der Waals surface area contributed by atoms with Crippen molar-refractivity contribution in [2.75, 3.05) is 25.1 Å². The van der Waals surface area contributed by atoms with Crippen LogP contribution in [0.15, 0.2) is 30.6 Å². The number of rotatable bonds is 6. The lowest BCUT2D eigenvalue weighted by molar-refractivity contribution is -0.0136. The topological polar surface area (TPSA) is 106 Å². The van der Waals surface area contributed by atoms with Crippen molar-refractivity contribution in [2.45, 2.75) is 45.3 Å². The standard InChI is InChI=1S/C24H27FN4O4/c1-4-33-23(31)16-10-26-18-6-5-14(9-15(18)21(16)13(2)3)22-17(25)11-27-24(29-22)28-19-7-8-32-12-20(19)30/h5-6,9-11,13,19-20,30H,4,7-8,12H2,1-3H3,(H,27,28,29)/t19-,20-/m1/s1. The summed E-state index contributed by atoms with van der Waals surface area (Å²) in [5, 5.41) is 13.9. The van der Waals surface area contributed by atoms with Crippen molar-refractivity contribution in [2.24, 2.45) is 0 Å². The van der Waals surface area contributed by atoms with E-state index >= 15 is 0 Å². The predicted octanol–water partition coefficient (Wildman–Crippen LogP) is 3.69. The molecule has 1 aliphatic rings. The van der Waals surface area contributed by atoms with E-state index in [4.69, 9.17) is 9.47 Å². The minimum absolute atomic E-state index is 0.00707. The summed E-state index contributed by atoms with van der Waals surface area (Å²) < 4.78 is 25.2. The van der Waals surface area contributed by atoms with Crippen molar-refractivity contribution in [3.8, 4) is 11.3 Å². The number of carbonyl (C=O) groups is 1. The quantitative estimate of drug-likeness (QED) is 0.543. The number of benzene rings is 1. The Morgan fingerprint density at radius 2 is 2.15 bits per heavy atom. The SMILES string of the molecule is CCOC(=O)c1cnc2ccc(-c3nc(N[C@@H]4CCOC[C@H]4O)ncc3F)cc2c1C(C)C. The first-order chi connectivity index (χ1) is 15.9. The lowest BCUT2D eigenvalue weighted by Gasteiger charge is -2.28. The second-order valence-corrected chi connectivity index (χ2v) is 8.26. The molecule has 2 N–H and O–H groups in total. The van der Waals surface area contributed by atoms with Crippen LogP contribution in [0.4, 0.5) is 10.3 Å². The van der Waals surface area contributed by atoms with Gasteiger partial charge in [-0.05, 0) is 37.0 Å². The van der Waals surface area contributed by atoms with Gasteiger partial charge in [-0.2, -0.15) is 0 Å². The highest BCUT2D eigenvalue weighted by atomic mass is 19.1. The van der Waals surface area contributed by atoms with Crippen LogP contribution >= 0.6 is 0 Å². The monoisotopic (exact) mass is 454 g/mol. The lowest BCUT2D eigenvalue weighted by Crippen LogP contribution is -2.42. The molecule has 1 aliphatic heterocycles. The Morgan fingerprint density at radius 1 is 1.33 bits per heavy atom. The minimum atomic E-state index is -0.697. The van der Waals surface area contributed by atoms with Crippen LogP contribution in [-0.2, 0) is 9.47 Å². The Kier molecular flexibility index (Phi) is 6.80. The van der Waals surface area contributed by atoms with Crippen LogP contribution in [0.5, 0.6) is 0 Å². The van der Waals surface area contributed by atoms with Crippen LogP contribution < -0.4 is 5.32 Å². The van der Waals surface area contributed by atoms with Gasteiger partial charge in [0, 0.05) is 23.8 Å². The van der Waals surface area contributed by atoms with Crippen molar-refractivity contribution in [1.29, 1.82) is 0 Å². The normalized spacial score (nSPS) is 18.5. The van der Waals surface area contributed by atoms with Gasteiger partial charge in [-0.25, -0.2) is 19.2 Å². The van der Waals surface area contributed by atoms with E-state index in [9.17, 15) is 14.3 Å². The molecule has 2 atom stereocenters. The highest BCUT2D eigenvalue weighted by Crippen LogP contribution is 2.32. The Morgan fingerprint density at radius 3 is 2.88 bits per heavy atom. The Balaban J connectivity index is 1.76. The van der Waals surface area contributed by atoms with Gasteiger partial charge in [-0.1, -0.05) is 19.9 Å². The zero-order valence-electron chi connectivity index (χ0n) is 18.8. The molecular weight excluding hydrogens is 427 g/mol. The molecule has 4 rings (SSSR count). The van der Waals surface area contributed by atoms with Gasteiger partial charge >= 0.3 is 5.97 Å². The highest BCUT2D eigenvalue weighted by molar-refractivity contribution is 5.98. The summed E-state index contributed by atoms with van der Waals surface area (Å²) in [5.74, 6) is -0.781. The van der Waals surface area contributed by atoms with E-state index in [-0.39, 0.29) is 36.8 Å². The third-order valence-electron chi connectivity index (χ3n) is 5.64. The molecule has 2 aromatic heterocycles. The number of fused-ring (bicyclic) bond motifs is 1. The van der Waals surface area contributed by atoms with Crippen molar-refractivity contribution in [3.05, 3.63) is 47.5 Å². The number of anilines is 1. The van der Waals surface area contributed by atoms with Crippen LogP contribution in [0.25, 0.3) is 22.2 Å². The third-order valence-corrected chi connectivity index (χ3v) is 5.64. The lowest BCUT2D eigenvalue weighted by atomic mass is 9.92. The van der Waals surface area contributed by atoms with Gasteiger partial charge in [-0.3, -0.25) is 4.98 Å². The van der Waals surface area contributed by atoms with E-state index in [1.807, 2.05) is 13.8 Å². The molecule has 0 spiro atoms. The van der Waals surface area contributed by atoms with Gasteiger partial charge in [0.05, 0.1) is 42.6 Å². The molecule has 33 heavy (non-hydrogen) atoms. The molecule has 0 aliphatic carbocycles. The number of aromatic nitrogens is 3. The number of aliphatic hydroxyl groups excluding tert-OH is 1. The fourth-order valence-electron chi connectivity index (χ4n) is 4.05. The fraction of sp³-hybridized carbons (Fsp3) is 0.417. The highest BCUT2D eigenvalue weighted by Gasteiger charge is 2.25. The van der Waals surface area contributed by atoms with E-state index in [2.05, 4.69) is 20.3 Å². The van der Waals surface area contributed by atoms with Crippen LogP contribution in [0.1, 0.15) is 49.0 Å². The average Bonchev–Trinajstić information content (AvgIpc) is 2.80. The molecule has 0 saturated carbocycles. The van der Waals surface area contributed by atoms with E-state index in [0.717, 1.165) is 17.1 Å². The predicted molar refractivity (Wildman–Crippen MR) is 122 cm³/mol. The average molecular weight is 455 g/mol. The first-order valence-corrected chi connectivity index (χ1v) is 11.0. The summed E-state index contributed by atoms with van der Waals surface area (Å²) in [7, 11) is 0. The molecule has 174 valence electrons. The molecule has 0 amide bonds. The number of aliphatic hydroxyl groups is 1. The second-order valence-electron chi connectivity index (χ2n) is 8.26. The number of hydrogen-bond acceptors (Lipinski definition) is 8. The first-order valence-electron chi connectivity index (χ1n) is 11.0. The minimum Gasteiger partial charge on any atom is -0.462 e. The summed E-state index contributed by atoms with van der Waals surface area (Å²) in [5.41, 5.74) is 2.53. The number of halogens is 1. The maximum Gasteiger partial charge on any atom is 0.340 e. The third kappa shape index (κ3) is 4.79. The van der Waals surface area contributed by atoms with Crippen LogP contribution in [0, 0.1) is 5.82 Å². The zero-order valence-corrected chi connectivity index (χ0v) is 18.8. The molecule has 1 saturated heterocycles. The van der Waals surface area contributed by atoms with Gasteiger partial charge in [-0.15, -0.1) is 0 Å². The van der Waals surface area contributed by atoms with E-state index in [1.54, 1.807) is 25.1 Å². The Hall–Kier alpha value is -3.17. The first kappa shape index (κ1) is 23.0. The van der Waals surface area contributed by atoms with Gasteiger partial charge in [0.15, 0.2) is 5.82 Å². The van der Waals surface area contributed by atoms with Gasteiger partial charge < -0.3 is 19.9 Å². The maximum atomic E-state index is 14.8. The molecule has 0 radical (unpaired) electrons. The maximum absolute atomic E-state index is 14.8. The molecule has 0 bridgehead atoms. The van der Waals surface area contributed by atoms with E-state index < -0.39 is 17.9 Å². The number of hydrogen-bond donors (Lipinski definition) is 2. The number of pyridine rings is 1. The largest absolute Gasteiger partial charge is 0.462 e. The molecule has 3 aromatic rings. The van der Waals surface area contributed by atoms with Crippen LogP contribution in [0.2, 0.25) is 0 Å². The van der Waals surface area contributed by atoms with Crippen LogP contribution in [0.3, 0.4) is 0 Å². The summed E-state index contributed by atoms with van der Waals surface area (Å²) in [4.78, 5) is 25.3. The van der Waals surface area contributed by atoms with Gasteiger partial charge in [0.2, 0.25) is 5.95 Å². The number of nitrogens with zero attached hydrogens (tertiary/aromatic N) is 3. The summed E-state index contributed by atoms with van der Waals surface area (Å²) >= 11 is 0. The Bertz CT molecular complexity index is 1170. The number of ether oxygens (including phenoxy) is 2. The summed E-state index contributed by atoms with van der Waals surface area (Å²) in [6, 6.07) is 5.03. The number of esters is 1. The Labute approximate surface area is 191 Å². The molecule has 1 aromatic carbocycles. The van der Waals surface area contributed by atoms with Crippen LogP contribution in [-0.4, -0.2) is 58.0 Å². The van der Waals surface area contributed by atoms with E-state index in [1.165, 1.54) is 6.20 Å². The van der Waals surface area contributed by atoms with Gasteiger partial charge in [0.1, 0.15) is 5.69 Å². The molecule has 0 unspecified atom stereocenters. The summed E-state index contributed by atoms with van der Waals surface area (Å²) in [6.07, 6.45) is 2.53. The van der Waals surface area contributed by atoms with Crippen molar-refractivity contribution in [3.63, 3.8) is 0 Å². The number of nitrogens with one attached hydrogen (secondary N) is 1. The second kappa shape index (κ2) is 9.76. The summed E-state index contributed by atoms with van der Waals surface area (Å²) in [6.45, 7) is 6.72. The molecule has 3 heterocycles. The van der Waals surface area contributed by atoms with E-state index in [0.29, 0.717) is 29.7 Å². The molecule has 9 heteroatoms. The van der Waals surface area contributed by atoms with Gasteiger partial charge in [0.25, 0.3) is 0 Å². The van der Waals surface area contributed by atoms with Crippen molar-refractivity contribution in [1.82, 2.24) is 15.0 Å². The molecular formula is C24H27FN4O4.